The van der Waals surface area contributed by atoms with Crippen LogP contribution in [-0.4, -0.2) is 53.7 Å². The number of halogens is 1. The molecule has 2 heterocycles. The number of hydrogen-bond acceptors (Lipinski definition) is 5. The number of piperazine rings is 1. The third kappa shape index (κ3) is 4.02. The molecule has 174 valence electrons. The van der Waals surface area contributed by atoms with Crippen LogP contribution in [0.1, 0.15) is 42.2 Å². The van der Waals surface area contributed by atoms with Crippen molar-refractivity contribution in [2.75, 3.05) is 31.1 Å². The Morgan fingerprint density at radius 2 is 1.49 bits per heavy atom. The van der Waals surface area contributed by atoms with Gasteiger partial charge >= 0.3 is 0 Å². The van der Waals surface area contributed by atoms with E-state index in [1.54, 1.807) is 65.6 Å². The molecule has 0 saturated carbocycles. The highest BCUT2D eigenvalue weighted by molar-refractivity contribution is 6.21. The number of carbonyl (C=O) groups is 3. The van der Waals surface area contributed by atoms with Crippen LogP contribution in [0.4, 0.5) is 10.1 Å². The topological polar surface area (TPSA) is 84.7 Å². The van der Waals surface area contributed by atoms with Crippen molar-refractivity contribution in [3.63, 3.8) is 0 Å². The minimum atomic E-state index is -0.551. The molecule has 3 amide bonds. The summed E-state index contributed by atoms with van der Waals surface area (Å²) in [7, 11) is 0. The van der Waals surface area contributed by atoms with Crippen molar-refractivity contribution in [3.05, 3.63) is 100 Å². The van der Waals surface area contributed by atoms with E-state index in [2.05, 4.69) is 0 Å². The molecule has 0 radical (unpaired) electrons. The van der Waals surface area contributed by atoms with Gasteiger partial charge in [-0.3, -0.25) is 19.3 Å². The van der Waals surface area contributed by atoms with Crippen molar-refractivity contribution in [3.8, 4) is 6.07 Å². The minimum absolute atomic E-state index is 0.0147. The molecule has 8 heteroatoms. The number of nitriles is 1. The van der Waals surface area contributed by atoms with Crippen LogP contribution in [0.2, 0.25) is 0 Å². The summed E-state index contributed by atoms with van der Waals surface area (Å²) in [5, 5.41) is 9.28. The van der Waals surface area contributed by atoms with E-state index in [-0.39, 0.29) is 29.8 Å². The van der Waals surface area contributed by atoms with Crippen LogP contribution >= 0.6 is 0 Å². The molecule has 0 N–H and O–H groups in total. The van der Waals surface area contributed by atoms with Crippen LogP contribution in [0.3, 0.4) is 0 Å². The zero-order valence-electron chi connectivity index (χ0n) is 18.8. The van der Waals surface area contributed by atoms with Gasteiger partial charge in [-0.05, 0) is 42.0 Å². The number of imide groups is 1. The van der Waals surface area contributed by atoms with Crippen LogP contribution in [0.5, 0.6) is 0 Å². The summed E-state index contributed by atoms with van der Waals surface area (Å²) >= 11 is 0. The van der Waals surface area contributed by atoms with E-state index in [4.69, 9.17) is 0 Å². The number of benzene rings is 3. The molecule has 35 heavy (non-hydrogen) atoms. The Balaban J connectivity index is 1.22. The number of amides is 3. The zero-order valence-corrected chi connectivity index (χ0v) is 18.8. The first-order valence-electron chi connectivity index (χ1n) is 11.2. The Labute approximate surface area is 201 Å². The summed E-state index contributed by atoms with van der Waals surface area (Å²) in [5.74, 6) is -1.32. The average molecular weight is 468 g/mol. The molecule has 2 aliphatic rings. The Bertz CT molecular complexity index is 1340. The molecule has 0 bridgehead atoms. The van der Waals surface area contributed by atoms with Crippen LogP contribution in [0, 0.1) is 17.1 Å². The SMILES string of the molecule is N#Cc1c(F)cccc1N1CCN(C(=O)c2ccc(CN3C(=O)c4ccccc4C3=O)cc2)CC1. The molecule has 3 aromatic carbocycles. The van der Waals surface area contributed by atoms with Crippen LogP contribution in [-0.2, 0) is 6.54 Å². The Morgan fingerprint density at radius 1 is 0.857 bits per heavy atom. The summed E-state index contributed by atoms with van der Waals surface area (Å²) in [5.41, 5.74) is 2.62. The van der Waals surface area contributed by atoms with Gasteiger partial charge in [-0.15, -0.1) is 0 Å². The Morgan fingerprint density at radius 3 is 2.09 bits per heavy atom. The van der Waals surface area contributed by atoms with Crippen LogP contribution in [0.15, 0.2) is 66.7 Å². The molecule has 0 aliphatic carbocycles. The van der Waals surface area contributed by atoms with Crippen LogP contribution < -0.4 is 4.90 Å². The van der Waals surface area contributed by atoms with Gasteiger partial charge in [0.05, 0.1) is 23.4 Å². The maximum absolute atomic E-state index is 14.0. The van der Waals surface area contributed by atoms with Gasteiger partial charge in [0.2, 0.25) is 0 Å². The number of anilines is 1. The second kappa shape index (κ2) is 9.03. The second-order valence-electron chi connectivity index (χ2n) is 8.46. The maximum Gasteiger partial charge on any atom is 0.261 e. The lowest BCUT2D eigenvalue weighted by molar-refractivity contribution is 0.0640. The summed E-state index contributed by atoms with van der Waals surface area (Å²) in [4.78, 5) is 43.0. The van der Waals surface area contributed by atoms with Gasteiger partial charge in [0.1, 0.15) is 17.4 Å². The van der Waals surface area contributed by atoms with Gasteiger partial charge in [-0.25, -0.2) is 4.39 Å². The van der Waals surface area contributed by atoms with E-state index in [0.29, 0.717) is 48.6 Å². The molecule has 1 fully saturated rings. The minimum Gasteiger partial charge on any atom is -0.367 e. The molecule has 0 spiro atoms. The molecule has 0 atom stereocenters. The van der Waals surface area contributed by atoms with Gasteiger partial charge in [0.15, 0.2) is 0 Å². The summed E-state index contributed by atoms with van der Waals surface area (Å²) in [6.45, 7) is 1.99. The molecule has 0 aromatic heterocycles. The zero-order chi connectivity index (χ0) is 24.5. The van der Waals surface area contributed by atoms with Gasteiger partial charge in [-0.1, -0.05) is 30.3 Å². The quantitative estimate of drug-likeness (QED) is 0.548. The van der Waals surface area contributed by atoms with Gasteiger partial charge in [-0.2, -0.15) is 5.26 Å². The van der Waals surface area contributed by atoms with E-state index >= 15 is 0 Å². The third-order valence-electron chi connectivity index (χ3n) is 6.43. The van der Waals surface area contributed by atoms with E-state index in [1.807, 2.05) is 11.0 Å². The highest BCUT2D eigenvalue weighted by atomic mass is 19.1. The number of rotatable bonds is 4. The molecule has 5 rings (SSSR count). The monoisotopic (exact) mass is 468 g/mol. The Kier molecular flexibility index (Phi) is 5.75. The van der Waals surface area contributed by atoms with Crippen molar-refractivity contribution in [2.45, 2.75) is 6.54 Å². The van der Waals surface area contributed by atoms with Crippen molar-refractivity contribution in [1.29, 1.82) is 5.26 Å². The number of carbonyl (C=O) groups excluding carboxylic acids is 3. The van der Waals surface area contributed by atoms with Gasteiger partial charge in [0.25, 0.3) is 17.7 Å². The first-order chi connectivity index (χ1) is 17.0. The summed E-state index contributed by atoms with van der Waals surface area (Å²) in [6, 6.07) is 20.1. The van der Waals surface area contributed by atoms with Crippen LogP contribution in [0.25, 0.3) is 0 Å². The molecule has 3 aromatic rings. The van der Waals surface area contributed by atoms with E-state index < -0.39 is 5.82 Å². The lowest BCUT2D eigenvalue weighted by Gasteiger charge is -2.36. The summed E-state index contributed by atoms with van der Waals surface area (Å²) in [6.07, 6.45) is 0. The lowest BCUT2D eigenvalue weighted by Crippen LogP contribution is -2.49. The first kappa shape index (κ1) is 22.3. The normalized spacial score (nSPS) is 15.3. The van der Waals surface area contributed by atoms with Gasteiger partial charge in [0, 0.05) is 31.7 Å². The fourth-order valence-corrected chi connectivity index (χ4v) is 4.54. The molecule has 7 nitrogen and oxygen atoms in total. The molecular weight excluding hydrogens is 447 g/mol. The highest BCUT2D eigenvalue weighted by Crippen LogP contribution is 2.26. The van der Waals surface area contributed by atoms with Gasteiger partial charge < -0.3 is 9.80 Å². The predicted octanol–water partition coefficient (Wildman–Crippen LogP) is 3.46. The maximum atomic E-state index is 14.0. The van der Waals surface area contributed by atoms with Crippen molar-refractivity contribution in [1.82, 2.24) is 9.80 Å². The smallest absolute Gasteiger partial charge is 0.261 e. The first-order valence-corrected chi connectivity index (χ1v) is 11.2. The summed E-state index contributed by atoms with van der Waals surface area (Å²) < 4.78 is 14.0. The lowest BCUT2D eigenvalue weighted by atomic mass is 10.1. The fraction of sp³-hybridized carbons (Fsp3) is 0.185. The molecule has 2 aliphatic heterocycles. The van der Waals surface area contributed by atoms with Crippen molar-refractivity contribution < 1.29 is 18.8 Å². The highest BCUT2D eigenvalue weighted by Gasteiger charge is 2.35. The predicted molar refractivity (Wildman–Crippen MR) is 126 cm³/mol. The second-order valence-corrected chi connectivity index (χ2v) is 8.46. The number of fused-ring (bicyclic) bond motifs is 1. The number of nitrogens with zero attached hydrogens (tertiary/aromatic N) is 4. The fourth-order valence-electron chi connectivity index (χ4n) is 4.54. The van der Waals surface area contributed by atoms with E-state index in [9.17, 15) is 24.0 Å². The number of hydrogen-bond donors (Lipinski definition) is 0. The molecule has 1 saturated heterocycles. The largest absolute Gasteiger partial charge is 0.367 e. The standard InChI is InChI=1S/C27H21FN4O3/c28-23-6-3-7-24(22(23)16-29)30-12-14-31(15-13-30)25(33)19-10-8-18(9-11-19)17-32-26(34)20-4-1-2-5-21(20)27(32)35/h1-11H,12-15,17H2. The third-order valence-corrected chi connectivity index (χ3v) is 6.43. The molecular formula is C27H21FN4O3. The van der Waals surface area contributed by atoms with Crippen molar-refractivity contribution >= 4 is 23.4 Å². The van der Waals surface area contributed by atoms with E-state index in [0.717, 1.165) is 5.56 Å². The average Bonchev–Trinajstić information content (AvgIpc) is 3.13. The van der Waals surface area contributed by atoms with E-state index in [1.165, 1.54) is 11.0 Å². The van der Waals surface area contributed by atoms with Crippen molar-refractivity contribution in [2.24, 2.45) is 0 Å². The Hall–Kier alpha value is -4.51. The molecule has 0 unspecified atom stereocenters.